The first-order chi connectivity index (χ1) is 7.38. The number of benzene rings is 1. The van der Waals surface area contributed by atoms with E-state index in [1.807, 2.05) is 42.7 Å². The first-order valence-corrected chi connectivity index (χ1v) is 4.84. The molecular formula is C12H10N2O. The SMILES string of the molecule is OCc1ccc2c(c1)ncc1cccn12. The van der Waals surface area contributed by atoms with Crippen molar-refractivity contribution in [2.75, 3.05) is 0 Å². The third kappa shape index (κ3) is 1.21. The lowest BCUT2D eigenvalue weighted by atomic mass is 10.2. The summed E-state index contributed by atoms with van der Waals surface area (Å²) in [5.41, 5.74) is 3.95. The largest absolute Gasteiger partial charge is 0.392 e. The Hall–Kier alpha value is -1.87. The van der Waals surface area contributed by atoms with Gasteiger partial charge < -0.3 is 9.51 Å². The topological polar surface area (TPSA) is 37.5 Å². The van der Waals surface area contributed by atoms with E-state index in [0.717, 1.165) is 22.1 Å². The molecule has 2 heterocycles. The number of nitrogens with zero attached hydrogens (tertiary/aromatic N) is 2. The zero-order chi connectivity index (χ0) is 10.3. The maximum Gasteiger partial charge on any atom is 0.0874 e. The monoisotopic (exact) mass is 198 g/mol. The second-order valence-corrected chi connectivity index (χ2v) is 3.54. The highest BCUT2D eigenvalue weighted by atomic mass is 16.3. The molecule has 3 rings (SSSR count). The molecule has 3 heteroatoms. The number of fused-ring (bicyclic) bond motifs is 3. The fourth-order valence-electron chi connectivity index (χ4n) is 1.83. The number of aliphatic hydroxyl groups excluding tert-OH is 1. The molecule has 3 aromatic rings. The van der Waals surface area contributed by atoms with Gasteiger partial charge in [-0.15, -0.1) is 0 Å². The standard InChI is InChI=1S/C12H10N2O/c15-8-9-3-4-12-11(6-9)13-7-10-2-1-5-14(10)12/h1-7,15H,8H2. The Kier molecular flexibility index (Phi) is 1.73. The molecule has 0 aliphatic rings. The molecule has 0 amide bonds. The first-order valence-electron chi connectivity index (χ1n) is 4.84. The van der Waals surface area contributed by atoms with E-state index in [2.05, 4.69) is 9.38 Å². The number of hydrogen-bond donors (Lipinski definition) is 1. The molecule has 0 radical (unpaired) electrons. The van der Waals surface area contributed by atoms with Crippen LogP contribution in [0, 0.1) is 0 Å². The Morgan fingerprint density at radius 2 is 2.20 bits per heavy atom. The van der Waals surface area contributed by atoms with Crippen LogP contribution < -0.4 is 0 Å². The maximum atomic E-state index is 9.04. The molecule has 0 saturated carbocycles. The lowest BCUT2D eigenvalue weighted by Crippen LogP contribution is -1.91. The van der Waals surface area contributed by atoms with Gasteiger partial charge in [0.15, 0.2) is 0 Å². The highest BCUT2D eigenvalue weighted by Crippen LogP contribution is 2.16. The van der Waals surface area contributed by atoms with Crippen LogP contribution in [0.25, 0.3) is 16.6 Å². The molecule has 0 aliphatic heterocycles. The molecule has 2 aromatic heterocycles. The van der Waals surface area contributed by atoms with Gasteiger partial charge in [-0.1, -0.05) is 6.07 Å². The third-order valence-corrected chi connectivity index (χ3v) is 2.60. The van der Waals surface area contributed by atoms with E-state index >= 15 is 0 Å². The summed E-state index contributed by atoms with van der Waals surface area (Å²) in [6, 6.07) is 9.84. The maximum absolute atomic E-state index is 9.04. The van der Waals surface area contributed by atoms with E-state index < -0.39 is 0 Å². The van der Waals surface area contributed by atoms with Crippen molar-refractivity contribution in [3.8, 4) is 0 Å². The predicted molar refractivity (Wildman–Crippen MR) is 58.6 cm³/mol. The van der Waals surface area contributed by atoms with E-state index in [9.17, 15) is 0 Å². The van der Waals surface area contributed by atoms with Crippen LogP contribution in [0.5, 0.6) is 0 Å². The van der Waals surface area contributed by atoms with E-state index in [1.165, 1.54) is 0 Å². The van der Waals surface area contributed by atoms with Crippen molar-refractivity contribution < 1.29 is 5.11 Å². The second kappa shape index (κ2) is 3.07. The molecule has 0 fully saturated rings. The summed E-state index contributed by atoms with van der Waals surface area (Å²) in [6.07, 6.45) is 3.85. The molecule has 0 spiro atoms. The van der Waals surface area contributed by atoms with E-state index in [4.69, 9.17) is 5.11 Å². The van der Waals surface area contributed by atoms with Crippen molar-refractivity contribution in [2.45, 2.75) is 6.61 Å². The normalized spacial score (nSPS) is 11.3. The molecule has 1 N–H and O–H groups in total. The Balaban J connectivity index is 2.44. The zero-order valence-electron chi connectivity index (χ0n) is 8.09. The summed E-state index contributed by atoms with van der Waals surface area (Å²) < 4.78 is 2.09. The van der Waals surface area contributed by atoms with Crippen LogP contribution in [-0.4, -0.2) is 14.5 Å². The van der Waals surface area contributed by atoms with Crippen molar-refractivity contribution in [3.05, 3.63) is 48.3 Å². The molecule has 1 aromatic carbocycles. The lowest BCUT2D eigenvalue weighted by Gasteiger charge is -2.03. The quantitative estimate of drug-likeness (QED) is 0.649. The smallest absolute Gasteiger partial charge is 0.0874 e. The Labute approximate surface area is 86.6 Å². The number of aromatic nitrogens is 2. The average molecular weight is 198 g/mol. The van der Waals surface area contributed by atoms with E-state index in [1.54, 1.807) is 0 Å². The van der Waals surface area contributed by atoms with Crippen LogP contribution in [0.2, 0.25) is 0 Å². The van der Waals surface area contributed by atoms with Gasteiger partial charge in [0.25, 0.3) is 0 Å². The van der Waals surface area contributed by atoms with Crippen molar-refractivity contribution in [1.82, 2.24) is 9.38 Å². The van der Waals surface area contributed by atoms with Gasteiger partial charge in [0.05, 0.1) is 29.4 Å². The molecule has 0 bridgehead atoms. The molecule has 74 valence electrons. The fraction of sp³-hybridized carbons (Fsp3) is 0.0833. The summed E-state index contributed by atoms with van der Waals surface area (Å²) in [4.78, 5) is 4.36. The van der Waals surface area contributed by atoms with Gasteiger partial charge >= 0.3 is 0 Å². The Morgan fingerprint density at radius 3 is 3.07 bits per heavy atom. The highest BCUT2D eigenvalue weighted by molar-refractivity contribution is 5.78. The minimum Gasteiger partial charge on any atom is -0.392 e. The van der Waals surface area contributed by atoms with Gasteiger partial charge in [0.2, 0.25) is 0 Å². The second-order valence-electron chi connectivity index (χ2n) is 3.54. The van der Waals surface area contributed by atoms with Gasteiger partial charge in [-0.3, -0.25) is 4.98 Å². The van der Waals surface area contributed by atoms with Crippen LogP contribution in [0.3, 0.4) is 0 Å². The van der Waals surface area contributed by atoms with Crippen LogP contribution in [0.4, 0.5) is 0 Å². The van der Waals surface area contributed by atoms with Crippen molar-refractivity contribution in [2.24, 2.45) is 0 Å². The summed E-state index contributed by atoms with van der Waals surface area (Å²) in [5.74, 6) is 0. The van der Waals surface area contributed by atoms with E-state index in [0.29, 0.717) is 0 Å². The first kappa shape index (κ1) is 8.44. The minimum absolute atomic E-state index is 0.0569. The van der Waals surface area contributed by atoms with Crippen molar-refractivity contribution in [3.63, 3.8) is 0 Å². The van der Waals surface area contributed by atoms with Crippen LogP contribution >= 0.6 is 0 Å². The Bertz CT molecular complexity index is 628. The highest BCUT2D eigenvalue weighted by Gasteiger charge is 2.01. The molecule has 0 atom stereocenters. The minimum atomic E-state index is 0.0569. The van der Waals surface area contributed by atoms with Gasteiger partial charge in [-0.2, -0.15) is 0 Å². The van der Waals surface area contributed by atoms with Gasteiger partial charge in [-0.05, 0) is 29.8 Å². The molecular weight excluding hydrogens is 188 g/mol. The summed E-state index contributed by atoms with van der Waals surface area (Å²) in [5, 5.41) is 9.04. The molecule has 15 heavy (non-hydrogen) atoms. The number of aliphatic hydroxyl groups is 1. The number of rotatable bonds is 1. The Morgan fingerprint density at radius 1 is 1.27 bits per heavy atom. The summed E-state index contributed by atoms with van der Waals surface area (Å²) in [7, 11) is 0. The van der Waals surface area contributed by atoms with Crippen LogP contribution in [-0.2, 0) is 6.61 Å². The third-order valence-electron chi connectivity index (χ3n) is 2.60. The average Bonchev–Trinajstić information content (AvgIpc) is 2.76. The van der Waals surface area contributed by atoms with Gasteiger partial charge in [0, 0.05) is 6.20 Å². The summed E-state index contributed by atoms with van der Waals surface area (Å²) >= 11 is 0. The lowest BCUT2D eigenvalue weighted by molar-refractivity contribution is 0.282. The van der Waals surface area contributed by atoms with Crippen LogP contribution in [0.1, 0.15) is 5.56 Å². The van der Waals surface area contributed by atoms with E-state index in [-0.39, 0.29) is 6.61 Å². The molecule has 3 nitrogen and oxygen atoms in total. The molecule has 0 saturated heterocycles. The van der Waals surface area contributed by atoms with Gasteiger partial charge in [-0.25, -0.2) is 0 Å². The summed E-state index contributed by atoms with van der Waals surface area (Å²) in [6.45, 7) is 0.0569. The molecule has 0 aliphatic carbocycles. The van der Waals surface area contributed by atoms with Crippen molar-refractivity contribution >= 4 is 16.6 Å². The van der Waals surface area contributed by atoms with Gasteiger partial charge in [0.1, 0.15) is 0 Å². The zero-order valence-corrected chi connectivity index (χ0v) is 8.09. The number of hydrogen-bond acceptors (Lipinski definition) is 2. The van der Waals surface area contributed by atoms with Crippen LogP contribution in [0.15, 0.2) is 42.7 Å². The van der Waals surface area contributed by atoms with Crippen molar-refractivity contribution in [1.29, 1.82) is 0 Å². The molecule has 0 unspecified atom stereocenters. The predicted octanol–water partition coefficient (Wildman–Crippen LogP) is 1.98. The fourth-order valence-corrected chi connectivity index (χ4v) is 1.83.